The predicted octanol–water partition coefficient (Wildman–Crippen LogP) is 4.85. The van der Waals surface area contributed by atoms with Crippen LogP contribution in [-0.2, 0) is 10.0 Å². The van der Waals surface area contributed by atoms with Crippen LogP contribution in [0.25, 0.3) is 12.2 Å². The van der Waals surface area contributed by atoms with Crippen molar-refractivity contribution in [3.8, 4) is 34.5 Å². The van der Waals surface area contributed by atoms with Crippen LogP contribution in [0.3, 0.4) is 0 Å². The second-order valence-electron chi connectivity index (χ2n) is 7.46. The lowest BCUT2D eigenvalue weighted by Crippen LogP contribution is -2.15. The highest BCUT2D eigenvalue weighted by molar-refractivity contribution is 7.92. The van der Waals surface area contributed by atoms with Gasteiger partial charge >= 0.3 is 0 Å². The van der Waals surface area contributed by atoms with E-state index in [1.165, 1.54) is 73.0 Å². The minimum Gasteiger partial charge on any atom is -0.493 e. The second kappa shape index (κ2) is 11.7. The summed E-state index contributed by atoms with van der Waals surface area (Å²) in [5.74, 6) is 0.875. The van der Waals surface area contributed by atoms with Crippen molar-refractivity contribution in [2.24, 2.45) is 0 Å². The Labute approximate surface area is 215 Å². The first kappa shape index (κ1) is 27.5. The third-order valence-electron chi connectivity index (χ3n) is 5.39. The Bertz CT molecular complexity index is 1380. The van der Waals surface area contributed by atoms with Gasteiger partial charge in [0.1, 0.15) is 5.69 Å². The van der Waals surface area contributed by atoms with Gasteiger partial charge in [0.05, 0.1) is 47.6 Å². The second-order valence-corrected chi connectivity index (χ2v) is 9.14. The van der Waals surface area contributed by atoms with Crippen molar-refractivity contribution in [2.45, 2.75) is 4.90 Å². The van der Waals surface area contributed by atoms with Crippen molar-refractivity contribution in [3.63, 3.8) is 0 Å². The van der Waals surface area contributed by atoms with Crippen molar-refractivity contribution in [1.29, 1.82) is 0 Å². The highest BCUT2D eigenvalue weighted by Crippen LogP contribution is 2.40. The molecule has 11 heteroatoms. The van der Waals surface area contributed by atoms with Crippen molar-refractivity contribution >= 4 is 27.9 Å². The summed E-state index contributed by atoms with van der Waals surface area (Å²) in [6.07, 6.45) is 3.29. The summed E-state index contributed by atoms with van der Waals surface area (Å²) < 4.78 is 75.2. The van der Waals surface area contributed by atoms with Crippen LogP contribution in [0.1, 0.15) is 11.1 Å². The average Bonchev–Trinajstić information content (AvgIpc) is 2.91. The molecule has 198 valence electrons. The van der Waals surface area contributed by atoms with Crippen LogP contribution in [0.4, 0.5) is 10.1 Å². The van der Waals surface area contributed by atoms with Gasteiger partial charge in [-0.3, -0.25) is 4.72 Å². The molecule has 0 unspecified atom stereocenters. The van der Waals surface area contributed by atoms with Crippen LogP contribution in [0.5, 0.6) is 34.5 Å². The third kappa shape index (κ3) is 5.83. The number of sulfonamides is 1. The molecule has 0 aliphatic rings. The van der Waals surface area contributed by atoms with Crippen molar-refractivity contribution < 1.29 is 41.2 Å². The molecule has 0 heterocycles. The quantitative estimate of drug-likeness (QED) is 0.349. The first-order chi connectivity index (χ1) is 17.7. The smallest absolute Gasteiger partial charge is 0.262 e. The van der Waals surface area contributed by atoms with Crippen LogP contribution >= 0.6 is 0 Å². The molecule has 0 aliphatic carbocycles. The first-order valence-electron chi connectivity index (χ1n) is 10.8. The van der Waals surface area contributed by atoms with E-state index >= 15 is 0 Å². The molecular formula is C26H28FNO8S. The van der Waals surface area contributed by atoms with Gasteiger partial charge in [0, 0.05) is 11.6 Å². The number of benzene rings is 3. The number of ether oxygens (including phenoxy) is 6. The number of anilines is 1. The number of methoxy groups -OCH3 is 6. The minimum atomic E-state index is -4.18. The molecule has 0 amide bonds. The van der Waals surface area contributed by atoms with E-state index in [0.717, 1.165) is 0 Å². The summed E-state index contributed by atoms with van der Waals surface area (Å²) in [7, 11) is 4.39. The Kier molecular flexibility index (Phi) is 8.72. The maximum atomic E-state index is 14.6. The standard InChI is InChI=1S/C26H28FNO8S/c1-31-20-12-10-18(15-21(20)32-2)37(29,30)28-24-17(9-11-19(27)25(24)35-5)8-7-16-13-22(33-3)26(36-6)23(14-16)34-4/h7-15,28H,1-6H3. The average molecular weight is 534 g/mol. The first-order valence-corrected chi connectivity index (χ1v) is 12.3. The van der Waals surface area contributed by atoms with E-state index in [-0.39, 0.29) is 22.1 Å². The normalized spacial score (nSPS) is 11.2. The highest BCUT2D eigenvalue weighted by Gasteiger charge is 2.22. The van der Waals surface area contributed by atoms with E-state index in [4.69, 9.17) is 28.4 Å². The van der Waals surface area contributed by atoms with Gasteiger partial charge in [0.15, 0.2) is 34.6 Å². The molecule has 1 N–H and O–H groups in total. The highest BCUT2D eigenvalue weighted by atomic mass is 32.2. The molecule has 9 nitrogen and oxygen atoms in total. The molecule has 0 spiro atoms. The van der Waals surface area contributed by atoms with E-state index < -0.39 is 15.8 Å². The number of nitrogens with one attached hydrogen (secondary N) is 1. The zero-order valence-corrected chi connectivity index (χ0v) is 22.1. The topological polar surface area (TPSA) is 102 Å². The maximum Gasteiger partial charge on any atom is 0.262 e. The van der Waals surface area contributed by atoms with Crippen molar-refractivity contribution in [3.05, 3.63) is 59.4 Å². The number of rotatable bonds is 11. The summed E-state index contributed by atoms with van der Waals surface area (Å²) >= 11 is 0. The van der Waals surface area contributed by atoms with E-state index in [1.807, 2.05) is 0 Å². The van der Waals surface area contributed by atoms with Crippen LogP contribution < -0.4 is 33.1 Å². The summed E-state index contributed by atoms with van der Waals surface area (Å²) in [4.78, 5) is -0.115. The number of hydrogen-bond acceptors (Lipinski definition) is 8. The summed E-state index contributed by atoms with van der Waals surface area (Å²) in [5, 5.41) is 0. The van der Waals surface area contributed by atoms with Gasteiger partial charge < -0.3 is 28.4 Å². The summed E-state index contributed by atoms with van der Waals surface area (Å²) in [6, 6.07) is 10.2. The van der Waals surface area contributed by atoms with Crippen LogP contribution in [0.2, 0.25) is 0 Å². The van der Waals surface area contributed by atoms with Gasteiger partial charge in [0.2, 0.25) is 5.75 Å². The zero-order valence-electron chi connectivity index (χ0n) is 21.2. The lowest BCUT2D eigenvalue weighted by Gasteiger charge is -2.16. The van der Waals surface area contributed by atoms with Crippen molar-refractivity contribution in [2.75, 3.05) is 47.4 Å². The molecule has 0 atom stereocenters. The fourth-order valence-electron chi connectivity index (χ4n) is 3.58. The molecule has 0 aliphatic heterocycles. The van der Waals surface area contributed by atoms with Gasteiger partial charge in [-0.25, -0.2) is 12.8 Å². The fraction of sp³-hybridized carbons (Fsp3) is 0.231. The Balaban J connectivity index is 2.08. The Morgan fingerprint density at radius 1 is 0.676 bits per heavy atom. The van der Waals surface area contributed by atoms with Crippen molar-refractivity contribution in [1.82, 2.24) is 0 Å². The summed E-state index contributed by atoms with van der Waals surface area (Å²) in [6.45, 7) is 0. The van der Waals surface area contributed by atoms with E-state index in [0.29, 0.717) is 34.1 Å². The number of halogens is 1. The van der Waals surface area contributed by atoms with Gasteiger partial charge in [-0.2, -0.15) is 0 Å². The fourth-order valence-corrected chi connectivity index (χ4v) is 4.68. The lowest BCUT2D eigenvalue weighted by molar-refractivity contribution is 0.324. The maximum absolute atomic E-state index is 14.6. The Hall–Kier alpha value is -4.12. The van der Waals surface area contributed by atoms with Crippen LogP contribution in [0, 0.1) is 5.82 Å². The molecule has 3 aromatic carbocycles. The molecule has 3 rings (SSSR count). The molecule has 0 fully saturated rings. The Morgan fingerprint density at radius 3 is 1.81 bits per heavy atom. The summed E-state index contributed by atoms with van der Waals surface area (Å²) in [5.41, 5.74) is 0.920. The third-order valence-corrected chi connectivity index (χ3v) is 6.74. The molecule has 0 bridgehead atoms. The number of hydrogen-bond donors (Lipinski definition) is 1. The van der Waals surface area contributed by atoms with E-state index in [2.05, 4.69) is 4.72 Å². The Morgan fingerprint density at radius 2 is 1.27 bits per heavy atom. The molecular weight excluding hydrogens is 505 g/mol. The van der Waals surface area contributed by atoms with Crippen LogP contribution in [-0.4, -0.2) is 51.1 Å². The van der Waals surface area contributed by atoms with E-state index in [9.17, 15) is 12.8 Å². The van der Waals surface area contributed by atoms with Gasteiger partial charge in [-0.15, -0.1) is 0 Å². The molecule has 0 saturated heterocycles. The zero-order chi connectivity index (χ0) is 27.2. The minimum absolute atomic E-state index is 0.0824. The molecule has 0 aromatic heterocycles. The molecule has 3 aromatic rings. The largest absolute Gasteiger partial charge is 0.493 e. The van der Waals surface area contributed by atoms with Gasteiger partial charge in [0.25, 0.3) is 10.0 Å². The van der Waals surface area contributed by atoms with Gasteiger partial charge in [-0.1, -0.05) is 12.2 Å². The van der Waals surface area contributed by atoms with Gasteiger partial charge in [-0.05, 0) is 42.0 Å². The molecule has 0 saturated carbocycles. The monoisotopic (exact) mass is 533 g/mol. The molecule has 0 radical (unpaired) electrons. The van der Waals surface area contributed by atoms with E-state index in [1.54, 1.807) is 24.3 Å². The molecule has 37 heavy (non-hydrogen) atoms. The van der Waals surface area contributed by atoms with Crippen LogP contribution in [0.15, 0.2) is 47.4 Å². The predicted molar refractivity (Wildman–Crippen MR) is 138 cm³/mol. The lowest BCUT2D eigenvalue weighted by atomic mass is 10.1. The SMILES string of the molecule is COc1ccc(S(=O)(=O)Nc2c(C=Cc3cc(OC)c(OC)c(OC)c3)ccc(F)c2OC)cc1OC.